The summed E-state index contributed by atoms with van der Waals surface area (Å²) >= 11 is 0. The van der Waals surface area contributed by atoms with Crippen molar-refractivity contribution in [1.29, 1.82) is 0 Å². The Balaban J connectivity index is 1.06. The number of aromatic nitrogens is 1. The van der Waals surface area contributed by atoms with Crippen molar-refractivity contribution in [1.82, 2.24) is 15.6 Å². The molecule has 33 heavy (non-hydrogen) atoms. The molecule has 2 aromatic rings. The van der Waals surface area contributed by atoms with Gasteiger partial charge in [0.25, 0.3) is 0 Å². The minimum atomic E-state index is -0.506. The zero-order valence-electron chi connectivity index (χ0n) is 18.7. The summed E-state index contributed by atoms with van der Waals surface area (Å²) in [6.07, 6.45) is 10.3. The molecule has 6 rings (SSSR count). The van der Waals surface area contributed by atoms with E-state index >= 15 is 0 Å². The summed E-state index contributed by atoms with van der Waals surface area (Å²) < 4.78 is 19.8. The van der Waals surface area contributed by atoms with Crippen LogP contribution in [0.2, 0.25) is 0 Å². The van der Waals surface area contributed by atoms with Crippen LogP contribution >= 0.6 is 0 Å². The molecule has 2 N–H and O–H groups in total. The Morgan fingerprint density at radius 2 is 1.79 bits per heavy atom. The molecule has 1 aromatic carbocycles. The number of hydrogen-bond donors (Lipinski definition) is 2. The van der Waals surface area contributed by atoms with E-state index in [1.165, 1.54) is 37.6 Å². The van der Waals surface area contributed by atoms with E-state index in [0.717, 1.165) is 19.3 Å². The number of carbonyl (C=O) groups excluding carboxylic acids is 2. The molecule has 174 valence electrons. The lowest BCUT2D eigenvalue weighted by Gasteiger charge is -2.55. The van der Waals surface area contributed by atoms with E-state index in [2.05, 4.69) is 15.6 Å². The van der Waals surface area contributed by atoms with Gasteiger partial charge < -0.3 is 15.4 Å². The van der Waals surface area contributed by atoms with Gasteiger partial charge in [-0.3, -0.25) is 14.6 Å². The molecule has 4 aliphatic carbocycles. The third kappa shape index (κ3) is 4.87. The molecule has 1 aromatic heterocycles. The van der Waals surface area contributed by atoms with Crippen molar-refractivity contribution in [3.8, 4) is 11.5 Å². The van der Waals surface area contributed by atoms with Crippen molar-refractivity contribution in [2.75, 3.05) is 6.54 Å². The highest BCUT2D eigenvalue weighted by molar-refractivity contribution is 5.84. The van der Waals surface area contributed by atoms with Crippen molar-refractivity contribution in [2.45, 2.75) is 51.5 Å². The number of ether oxygens (including phenoxy) is 1. The van der Waals surface area contributed by atoms with E-state index in [1.54, 1.807) is 24.4 Å². The number of halogens is 1. The lowest BCUT2D eigenvalue weighted by Crippen LogP contribution is -2.53. The summed E-state index contributed by atoms with van der Waals surface area (Å²) in [7, 11) is 0. The molecule has 0 spiro atoms. The predicted octanol–water partition coefficient (Wildman–Crippen LogP) is 4.35. The third-order valence-electron chi connectivity index (χ3n) is 7.51. The fourth-order valence-corrected chi connectivity index (χ4v) is 6.43. The molecular weight excluding hydrogens is 421 g/mol. The number of nitrogens with one attached hydrogen (secondary N) is 2. The highest BCUT2D eigenvalue weighted by atomic mass is 19.1. The minimum absolute atomic E-state index is 0.102. The van der Waals surface area contributed by atoms with Gasteiger partial charge in [-0.25, -0.2) is 4.39 Å². The van der Waals surface area contributed by atoms with Gasteiger partial charge in [0.05, 0.1) is 6.20 Å². The standard InChI is InChI=1S/C26H30FN3O3/c27-22-11-17(3-4-23(22)33-21-2-1-6-28-16-21)15-30-24(31)5-7-29-25(32)26-12-18-8-19(13-26)10-20(9-18)14-26/h1-4,6,11,16,18-20H,5,7-10,12-15H2,(H,29,32)(H,30,31). The van der Waals surface area contributed by atoms with Crippen LogP contribution in [0.25, 0.3) is 0 Å². The minimum Gasteiger partial charge on any atom is -0.453 e. The molecule has 4 aliphatic rings. The second kappa shape index (κ2) is 9.12. The molecule has 0 atom stereocenters. The van der Waals surface area contributed by atoms with Crippen LogP contribution in [0.4, 0.5) is 4.39 Å². The fourth-order valence-electron chi connectivity index (χ4n) is 6.43. The molecule has 0 radical (unpaired) electrons. The highest BCUT2D eigenvalue weighted by Crippen LogP contribution is 2.60. The van der Waals surface area contributed by atoms with Gasteiger partial charge in [-0.1, -0.05) is 6.07 Å². The zero-order chi connectivity index (χ0) is 22.8. The topological polar surface area (TPSA) is 80.3 Å². The fraction of sp³-hybridized carbons (Fsp3) is 0.500. The van der Waals surface area contributed by atoms with Crippen LogP contribution in [-0.4, -0.2) is 23.3 Å². The Morgan fingerprint density at radius 3 is 2.42 bits per heavy atom. The highest BCUT2D eigenvalue weighted by Gasteiger charge is 2.54. The molecular formula is C26H30FN3O3. The van der Waals surface area contributed by atoms with Crippen LogP contribution in [0.1, 0.15) is 50.5 Å². The maximum Gasteiger partial charge on any atom is 0.226 e. The lowest BCUT2D eigenvalue weighted by atomic mass is 9.49. The van der Waals surface area contributed by atoms with Crippen LogP contribution < -0.4 is 15.4 Å². The van der Waals surface area contributed by atoms with Crippen molar-refractivity contribution >= 4 is 11.8 Å². The van der Waals surface area contributed by atoms with Crippen LogP contribution in [-0.2, 0) is 16.1 Å². The SMILES string of the molecule is O=C(CCNC(=O)C12CC3CC(CC(C3)C1)C2)NCc1ccc(Oc2cccnc2)c(F)c1. The lowest BCUT2D eigenvalue weighted by molar-refractivity contribution is -0.146. The molecule has 4 bridgehead atoms. The molecule has 6 nitrogen and oxygen atoms in total. The van der Waals surface area contributed by atoms with Crippen LogP contribution in [0.3, 0.4) is 0 Å². The van der Waals surface area contributed by atoms with E-state index in [9.17, 15) is 14.0 Å². The van der Waals surface area contributed by atoms with Gasteiger partial charge in [0, 0.05) is 31.1 Å². The first-order valence-electron chi connectivity index (χ1n) is 11.9. The molecule has 7 heteroatoms. The van der Waals surface area contributed by atoms with Crippen LogP contribution in [0.15, 0.2) is 42.7 Å². The van der Waals surface area contributed by atoms with E-state index in [4.69, 9.17) is 4.74 Å². The number of rotatable bonds is 8. The van der Waals surface area contributed by atoms with Gasteiger partial charge >= 0.3 is 0 Å². The first-order valence-corrected chi connectivity index (χ1v) is 11.9. The Morgan fingerprint density at radius 1 is 1.06 bits per heavy atom. The van der Waals surface area contributed by atoms with Gasteiger partial charge in [0.2, 0.25) is 11.8 Å². The van der Waals surface area contributed by atoms with Gasteiger partial charge in [-0.05, 0) is 86.1 Å². The number of amides is 2. The van der Waals surface area contributed by atoms with E-state index in [1.807, 2.05) is 0 Å². The smallest absolute Gasteiger partial charge is 0.226 e. The Bertz CT molecular complexity index is 991. The maximum absolute atomic E-state index is 14.4. The second-order valence-electron chi connectivity index (χ2n) is 10.0. The Labute approximate surface area is 193 Å². The van der Waals surface area contributed by atoms with Gasteiger partial charge in [-0.2, -0.15) is 0 Å². The monoisotopic (exact) mass is 451 g/mol. The van der Waals surface area contributed by atoms with Gasteiger partial charge in [0.1, 0.15) is 5.75 Å². The molecule has 1 heterocycles. The average Bonchev–Trinajstić information content (AvgIpc) is 2.79. The van der Waals surface area contributed by atoms with E-state index < -0.39 is 5.82 Å². The number of carbonyl (C=O) groups is 2. The Kier molecular flexibility index (Phi) is 6.04. The molecule has 4 fully saturated rings. The van der Waals surface area contributed by atoms with Crippen molar-refractivity contribution in [2.24, 2.45) is 23.2 Å². The van der Waals surface area contributed by atoms with E-state index in [0.29, 0.717) is 35.6 Å². The summed E-state index contributed by atoms with van der Waals surface area (Å²) in [5.41, 5.74) is 0.444. The summed E-state index contributed by atoms with van der Waals surface area (Å²) in [4.78, 5) is 29.1. The zero-order valence-corrected chi connectivity index (χ0v) is 18.7. The number of nitrogens with zero attached hydrogens (tertiary/aromatic N) is 1. The predicted molar refractivity (Wildman–Crippen MR) is 121 cm³/mol. The van der Waals surface area contributed by atoms with Crippen molar-refractivity contribution in [3.05, 3.63) is 54.1 Å². The normalized spacial score (nSPS) is 27.2. The first kappa shape index (κ1) is 21.9. The third-order valence-corrected chi connectivity index (χ3v) is 7.51. The van der Waals surface area contributed by atoms with Crippen molar-refractivity contribution in [3.63, 3.8) is 0 Å². The number of benzene rings is 1. The summed E-state index contributed by atoms with van der Waals surface area (Å²) in [6.45, 7) is 0.546. The first-order chi connectivity index (χ1) is 16.0. The van der Waals surface area contributed by atoms with Crippen LogP contribution in [0, 0.1) is 29.0 Å². The maximum atomic E-state index is 14.4. The molecule has 2 amide bonds. The molecule has 0 aliphatic heterocycles. The van der Waals surface area contributed by atoms with Crippen LogP contribution in [0.5, 0.6) is 11.5 Å². The largest absolute Gasteiger partial charge is 0.453 e. The molecule has 4 saturated carbocycles. The second-order valence-corrected chi connectivity index (χ2v) is 10.0. The summed E-state index contributed by atoms with van der Waals surface area (Å²) in [6, 6.07) is 8.01. The quantitative estimate of drug-likeness (QED) is 0.625. The molecule has 0 unspecified atom stereocenters. The summed E-state index contributed by atoms with van der Waals surface area (Å²) in [5, 5.41) is 5.82. The van der Waals surface area contributed by atoms with Crippen molar-refractivity contribution < 1.29 is 18.7 Å². The average molecular weight is 452 g/mol. The summed E-state index contributed by atoms with van der Waals surface area (Å²) in [5.74, 6) is 2.16. The van der Waals surface area contributed by atoms with Gasteiger partial charge in [-0.15, -0.1) is 0 Å². The van der Waals surface area contributed by atoms with Gasteiger partial charge in [0.15, 0.2) is 11.6 Å². The number of hydrogen-bond acceptors (Lipinski definition) is 4. The Hall–Kier alpha value is -2.96. The van der Waals surface area contributed by atoms with E-state index in [-0.39, 0.29) is 35.9 Å². The molecule has 0 saturated heterocycles. The number of pyridine rings is 1.